The minimum Gasteiger partial charge on any atom is -0.376 e. The van der Waals surface area contributed by atoms with Gasteiger partial charge in [-0.2, -0.15) is 0 Å². The molecule has 0 radical (unpaired) electrons. The number of halogens is 2. The first-order valence-electron chi connectivity index (χ1n) is 10.7. The molecule has 7 heteroatoms. The molecule has 0 aliphatic carbocycles. The maximum Gasteiger partial charge on any atom is 0.193 e. The van der Waals surface area contributed by atoms with Crippen molar-refractivity contribution >= 4 is 5.96 Å². The molecule has 2 aromatic carbocycles. The molecule has 2 unspecified atom stereocenters. The monoisotopic (exact) mass is 430 g/mol. The van der Waals surface area contributed by atoms with Gasteiger partial charge in [-0.05, 0) is 38.2 Å². The van der Waals surface area contributed by atoms with Crippen molar-refractivity contribution in [1.82, 2.24) is 15.1 Å². The molecule has 1 saturated heterocycles. The Morgan fingerprint density at radius 3 is 2.52 bits per heavy atom. The molecule has 0 spiro atoms. The number of nitrogens with zero attached hydrogens (tertiary/aromatic N) is 3. The van der Waals surface area contributed by atoms with Crippen LogP contribution in [0.5, 0.6) is 0 Å². The number of likely N-dealkylation sites (N-methyl/N-ethyl adjacent to an activating group) is 1. The van der Waals surface area contributed by atoms with Gasteiger partial charge in [0.2, 0.25) is 0 Å². The fourth-order valence-corrected chi connectivity index (χ4v) is 3.97. The molecule has 0 bridgehead atoms. The average molecular weight is 431 g/mol. The van der Waals surface area contributed by atoms with Crippen LogP contribution in [-0.2, 0) is 11.3 Å². The lowest BCUT2D eigenvalue weighted by Crippen LogP contribution is -2.44. The maximum atomic E-state index is 14.3. The number of ether oxygens (including phenoxy) is 1. The first kappa shape index (κ1) is 23.2. The number of hydrogen-bond donors (Lipinski definition) is 1. The Balaban J connectivity index is 1.52. The molecular weight excluding hydrogens is 398 g/mol. The first-order valence-corrected chi connectivity index (χ1v) is 10.7. The summed E-state index contributed by atoms with van der Waals surface area (Å²) in [6.07, 6.45) is 1.02. The first-order chi connectivity index (χ1) is 15.0. The highest BCUT2D eigenvalue weighted by Crippen LogP contribution is 2.24. The van der Waals surface area contributed by atoms with E-state index >= 15 is 0 Å². The lowest BCUT2D eigenvalue weighted by molar-refractivity contribution is 0.0906. The molecule has 0 amide bonds. The van der Waals surface area contributed by atoms with E-state index in [-0.39, 0.29) is 5.56 Å². The number of nitrogens with one attached hydrogen (secondary N) is 1. The van der Waals surface area contributed by atoms with Gasteiger partial charge < -0.3 is 19.9 Å². The summed E-state index contributed by atoms with van der Waals surface area (Å²) in [6, 6.07) is 13.7. The molecule has 31 heavy (non-hydrogen) atoms. The highest BCUT2D eigenvalue weighted by molar-refractivity contribution is 5.80. The van der Waals surface area contributed by atoms with E-state index in [4.69, 9.17) is 4.74 Å². The van der Waals surface area contributed by atoms with E-state index in [1.807, 2.05) is 37.2 Å². The summed E-state index contributed by atoms with van der Waals surface area (Å²) in [5, 5.41) is 3.31. The van der Waals surface area contributed by atoms with E-state index in [1.54, 1.807) is 7.05 Å². The molecule has 2 aromatic rings. The van der Waals surface area contributed by atoms with Crippen molar-refractivity contribution in [3.8, 4) is 0 Å². The lowest BCUT2D eigenvalue weighted by Gasteiger charge is -2.28. The summed E-state index contributed by atoms with van der Waals surface area (Å²) in [5.41, 5.74) is 1.24. The van der Waals surface area contributed by atoms with Crippen LogP contribution < -0.4 is 5.32 Å². The molecule has 1 aliphatic rings. The van der Waals surface area contributed by atoms with Crippen LogP contribution in [0.3, 0.4) is 0 Å². The predicted molar refractivity (Wildman–Crippen MR) is 120 cm³/mol. The number of likely N-dealkylation sites (tertiary alicyclic amines) is 1. The highest BCUT2D eigenvalue weighted by atomic mass is 19.1. The van der Waals surface area contributed by atoms with Crippen LogP contribution in [0.4, 0.5) is 8.78 Å². The van der Waals surface area contributed by atoms with E-state index in [0.29, 0.717) is 25.7 Å². The molecule has 2 atom stereocenters. The van der Waals surface area contributed by atoms with E-state index in [1.165, 1.54) is 23.8 Å². The minimum atomic E-state index is -0.535. The second kappa shape index (κ2) is 11.2. The zero-order valence-corrected chi connectivity index (χ0v) is 18.5. The summed E-state index contributed by atoms with van der Waals surface area (Å²) in [6.45, 7) is 3.38. The molecule has 5 nitrogen and oxygen atoms in total. The molecule has 1 fully saturated rings. The Morgan fingerprint density at radius 2 is 1.87 bits per heavy atom. The van der Waals surface area contributed by atoms with Crippen molar-refractivity contribution in [2.75, 3.05) is 47.4 Å². The van der Waals surface area contributed by atoms with Crippen LogP contribution in [-0.4, -0.2) is 63.1 Å². The van der Waals surface area contributed by atoms with E-state index < -0.39 is 17.7 Å². The molecule has 168 valence electrons. The van der Waals surface area contributed by atoms with Gasteiger partial charge in [-0.3, -0.25) is 4.99 Å². The normalized spacial score (nSPS) is 17.9. The smallest absolute Gasteiger partial charge is 0.193 e. The summed E-state index contributed by atoms with van der Waals surface area (Å²) in [5.74, 6) is 0.102. The maximum absolute atomic E-state index is 14.3. The topological polar surface area (TPSA) is 40.1 Å². The van der Waals surface area contributed by atoms with Gasteiger partial charge in [-0.25, -0.2) is 8.78 Å². The Bertz CT molecular complexity index is 840. The van der Waals surface area contributed by atoms with Gasteiger partial charge in [-0.15, -0.1) is 0 Å². The van der Waals surface area contributed by atoms with Gasteiger partial charge in [0.25, 0.3) is 0 Å². The molecule has 1 N–H and O–H groups in total. The molecule has 3 rings (SSSR count). The van der Waals surface area contributed by atoms with Crippen molar-refractivity contribution in [3.63, 3.8) is 0 Å². The van der Waals surface area contributed by atoms with Crippen molar-refractivity contribution in [3.05, 3.63) is 71.3 Å². The molecule has 1 heterocycles. The molecular formula is C24H32F2N4O. The zero-order chi connectivity index (χ0) is 22.2. The van der Waals surface area contributed by atoms with Crippen LogP contribution in [0.1, 0.15) is 23.6 Å². The summed E-state index contributed by atoms with van der Waals surface area (Å²) >= 11 is 0. The Morgan fingerprint density at radius 1 is 1.16 bits per heavy atom. The second-order valence-electron chi connectivity index (χ2n) is 8.14. The zero-order valence-electron chi connectivity index (χ0n) is 18.5. The van der Waals surface area contributed by atoms with Crippen molar-refractivity contribution < 1.29 is 13.5 Å². The van der Waals surface area contributed by atoms with Gasteiger partial charge in [0, 0.05) is 38.2 Å². The molecule has 0 saturated carbocycles. The predicted octanol–water partition coefficient (Wildman–Crippen LogP) is 3.68. The third kappa shape index (κ3) is 6.24. The number of benzene rings is 2. The molecule has 1 aliphatic heterocycles. The third-order valence-corrected chi connectivity index (χ3v) is 5.67. The number of hydrogen-bond acceptors (Lipinski definition) is 3. The van der Waals surface area contributed by atoms with Crippen LogP contribution in [0, 0.1) is 17.6 Å². The van der Waals surface area contributed by atoms with Crippen molar-refractivity contribution in [1.29, 1.82) is 0 Å². The van der Waals surface area contributed by atoms with E-state index in [9.17, 15) is 8.78 Å². The summed E-state index contributed by atoms with van der Waals surface area (Å²) in [4.78, 5) is 8.38. The Kier molecular flexibility index (Phi) is 8.37. The van der Waals surface area contributed by atoms with Crippen LogP contribution >= 0.6 is 0 Å². The standard InChI is InChI=1S/C24H32F2N4O/c1-27-24(28-14-22(29(2)3)23-20(25)10-7-11-21(23)26)30-13-12-19(15-30)17-31-16-18-8-5-4-6-9-18/h4-11,19,22H,12-17H2,1-3H3,(H,27,28). The van der Waals surface area contributed by atoms with Gasteiger partial charge in [0.05, 0.1) is 19.3 Å². The SMILES string of the molecule is CN=C(NCC(c1c(F)cccc1F)N(C)C)N1CCC(COCc2ccccc2)C1. The van der Waals surface area contributed by atoms with Crippen LogP contribution in [0.15, 0.2) is 53.5 Å². The minimum absolute atomic E-state index is 0.0732. The van der Waals surface area contributed by atoms with Crippen LogP contribution in [0.25, 0.3) is 0 Å². The lowest BCUT2D eigenvalue weighted by atomic mass is 10.0. The van der Waals surface area contributed by atoms with Crippen LogP contribution in [0.2, 0.25) is 0 Å². The number of rotatable bonds is 8. The van der Waals surface area contributed by atoms with Gasteiger partial charge in [-0.1, -0.05) is 36.4 Å². The second-order valence-corrected chi connectivity index (χ2v) is 8.14. The fourth-order valence-electron chi connectivity index (χ4n) is 3.97. The Labute approximate surface area is 183 Å². The summed E-state index contributed by atoms with van der Waals surface area (Å²) < 4.78 is 34.5. The van der Waals surface area contributed by atoms with E-state index in [2.05, 4.69) is 27.3 Å². The Hall–Kier alpha value is -2.51. The quantitative estimate of drug-likeness (QED) is 0.512. The number of guanidine groups is 1. The largest absolute Gasteiger partial charge is 0.376 e. The van der Waals surface area contributed by atoms with Gasteiger partial charge in [0.1, 0.15) is 11.6 Å². The van der Waals surface area contributed by atoms with E-state index in [0.717, 1.165) is 25.5 Å². The van der Waals surface area contributed by atoms with Crippen molar-refractivity contribution in [2.24, 2.45) is 10.9 Å². The molecule has 0 aromatic heterocycles. The van der Waals surface area contributed by atoms with Gasteiger partial charge >= 0.3 is 0 Å². The third-order valence-electron chi connectivity index (χ3n) is 5.67. The van der Waals surface area contributed by atoms with Gasteiger partial charge in [0.15, 0.2) is 5.96 Å². The average Bonchev–Trinajstić information content (AvgIpc) is 3.22. The fraction of sp³-hybridized carbons (Fsp3) is 0.458. The highest BCUT2D eigenvalue weighted by Gasteiger charge is 2.27. The van der Waals surface area contributed by atoms with Crippen molar-refractivity contribution in [2.45, 2.75) is 19.1 Å². The summed E-state index contributed by atoms with van der Waals surface area (Å²) in [7, 11) is 5.36. The number of aliphatic imine (C=N–C) groups is 1.